The standard InChI is InChI=1S/C12H17FN2O3/c1-8(2)18-7-6-15(3)11-10(13)9(12(16)17)4-5-14-11/h4-5,8H,6-7H2,1-3H3,(H,16,17). The molecule has 1 aromatic rings. The highest BCUT2D eigenvalue weighted by Crippen LogP contribution is 2.18. The van der Waals surface area contributed by atoms with Crippen LogP contribution in [-0.4, -0.2) is 42.4 Å². The minimum absolute atomic E-state index is 0.0160. The minimum Gasteiger partial charge on any atom is -0.478 e. The first-order valence-electron chi connectivity index (χ1n) is 5.64. The lowest BCUT2D eigenvalue weighted by molar-refractivity contribution is 0.0692. The molecule has 0 aromatic carbocycles. The Balaban J connectivity index is 2.76. The number of hydrogen-bond donors (Lipinski definition) is 1. The van der Waals surface area contributed by atoms with Crippen molar-refractivity contribution in [1.29, 1.82) is 0 Å². The van der Waals surface area contributed by atoms with Crippen molar-refractivity contribution >= 4 is 11.8 Å². The van der Waals surface area contributed by atoms with Crippen molar-refractivity contribution in [1.82, 2.24) is 4.98 Å². The molecule has 1 heterocycles. The number of pyridine rings is 1. The number of ether oxygens (including phenoxy) is 1. The summed E-state index contributed by atoms with van der Waals surface area (Å²) in [5, 5.41) is 8.81. The molecule has 0 aliphatic rings. The molecule has 0 aliphatic heterocycles. The molecule has 0 spiro atoms. The molecule has 1 aromatic heterocycles. The van der Waals surface area contributed by atoms with Crippen molar-refractivity contribution in [2.75, 3.05) is 25.1 Å². The van der Waals surface area contributed by atoms with Gasteiger partial charge < -0.3 is 14.7 Å². The van der Waals surface area contributed by atoms with E-state index in [0.29, 0.717) is 13.2 Å². The summed E-state index contributed by atoms with van der Waals surface area (Å²) in [7, 11) is 1.64. The van der Waals surface area contributed by atoms with Gasteiger partial charge in [0.15, 0.2) is 11.6 Å². The second-order valence-corrected chi connectivity index (χ2v) is 4.14. The Morgan fingerprint density at radius 1 is 1.61 bits per heavy atom. The molecule has 0 atom stereocenters. The lowest BCUT2D eigenvalue weighted by Crippen LogP contribution is -2.26. The van der Waals surface area contributed by atoms with Gasteiger partial charge in [0, 0.05) is 19.8 Å². The van der Waals surface area contributed by atoms with Gasteiger partial charge in [-0.25, -0.2) is 14.2 Å². The van der Waals surface area contributed by atoms with Crippen LogP contribution in [0.25, 0.3) is 0 Å². The summed E-state index contributed by atoms with van der Waals surface area (Å²) in [5.41, 5.74) is -0.378. The van der Waals surface area contributed by atoms with E-state index in [1.807, 2.05) is 13.8 Å². The van der Waals surface area contributed by atoms with Gasteiger partial charge in [-0.15, -0.1) is 0 Å². The summed E-state index contributed by atoms with van der Waals surface area (Å²) in [5.74, 6) is -2.11. The molecule has 1 rings (SSSR count). The molecule has 0 bridgehead atoms. The molecule has 0 radical (unpaired) electrons. The van der Waals surface area contributed by atoms with Crippen LogP contribution >= 0.6 is 0 Å². The predicted octanol–water partition coefficient (Wildman–Crippen LogP) is 1.78. The number of nitrogens with zero attached hydrogens (tertiary/aromatic N) is 2. The molecule has 0 aliphatic carbocycles. The third kappa shape index (κ3) is 3.66. The van der Waals surface area contributed by atoms with Crippen molar-refractivity contribution in [3.05, 3.63) is 23.6 Å². The summed E-state index contributed by atoms with van der Waals surface area (Å²) < 4.78 is 19.2. The highest BCUT2D eigenvalue weighted by molar-refractivity contribution is 5.88. The van der Waals surface area contributed by atoms with E-state index in [-0.39, 0.29) is 17.5 Å². The third-order valence-electron chi connectivity index (χ3n) is 2.34. The molecule has 5 nitrogen and oxygen atoms in total. The number of anilines is 1. The summed E-state index contributed by atoms with van der Waals surface area (Å²) >= 11 is 0. The normalized spacial score (nSPS) is 10.7. The van der Waals surface area contributed by atoms with Crippen LogP contribution in [0, 0.1) is 5.82 Å². The molecule has 0 saturated heterocycles. The second kappa shape index (κ2) is 6.30. The molecule has 18 heavy (non-hydrogen) atoms. The van der Waals surface area contributed by atoms with Gasteiger partial charge in [0.1, 0.15) is 5.56 Å². The van der Waals surface area contributed by atoms with Crippen molar-refractivity contribution < 1.29 is 19.0 Å². The predicted molar refractivity (Wildman–Crippen MR) is 65.5 cm³/mol. The number of aromatic nitrogens is 1. The fourth-order valence-electron chi connectivity index (χ4n) is 1.40. The summed E-state index contributed by atoms with van der Waals surface area (Å²) in [6.45, 7) is 4.67. The van der Waals surface area contributed by atoms with Crippen molar-refractivity contribution in [2.24, 2.45) is 0 Å². The van der Waals surface area contributed by atoms with Gasteiger partial charge in [0.2, 0.25) is 0 Å². The lowest BCUT2D eigenvalue weighted by Gasteiger charge is -2.19. The minimum atomic E-state index is -1.30. The number of carboxylic acid groups (broad SMARTS) is 1. The number of likely N-dealkylation sites (N-methyl/N-ethyl adjacent to an activating group) is 1. The van der Waals surface area contributed by atoms with Gasteiger partial charge in [0.25, 0.3) is 0 Å². The molecule has 0 saturated carbocycles. The molecule has 0 fully saturated rings. The highest BCUT2D eigenvalue weighted by Gasteiger charge is 2.17. The Bertz CT molecular complexity index is 424. The SMILES string of the molecule is CC(C)OCCN(C)c1nccc(C(=O)O)c1F. The molecule has 0 unspecified atom stereocenters. The fourth-order valence-corrected chi connectivity index (χ4v) is 1.40. The van der Waals surface area contributed by atoms with Gasteiger partial charge >= 0.3 is 5.97 Å². The Labute approximate surface area is 105 Å². The first kappa shape index (κ1) is 14.4. The van der Waals surface area contributed by atoms with Gasteiger partial charge in [-0.3, -0.25) is 0 Å². The van der Waals surface area contributed by atoms with Gasteiger partial charge in [-0.2, -0.15) is 0 Å². The molecule has 0 amide bonds. The van der Waals surface area contributed by atoms with Gasteiger partial charge in [-0.1, -0.05) is 0 Å². The monoisotopic (exact) mass is 256 g/mol. The first-order valence-corrected chi connectivity index (χ1v) is 5.64. The van der Waals surface area contributed by atoms with E-state index in [1.165, 1.54) is 11.1 Å². The molecule has 6 heteroatoms. The topological polar surface area (TPSA) is 62.7 Å². The van der Waals surface area contributed by atoms with E-state index in [9.17, 15) is 9.18 Å². The van der Waals surface area contributed by atoms with Crippen molar-refractivity contribution in [3.8, 4) is 0 Å². The maximum Gasteiger partial charge on any atom is 0.338 e. The average molecular weight is 256 g/mol. The first-order chi connectivity index (χ1) is 8.43. The largest absolute Gasteiger partial charge is 0.478 e. The maximum absolute atomic E-state index is 13.8. The van der Waals surface area contributed by atoms with Crippen molar-refractivity contribution in [3.63, 3.8) is 0 Å². The number of carbonyl (C=O) groups is 1. The zero-order valence-corrected chi connectivity index (χ0v) is 10.7. The Morgan fingerprint density at radius 2 is 2.28 bits per heavy atom. The third-order valence-corrected chi connectivity index (χ3v) is 2.34. The zero-order valence-electron chi connectivity index (χ0n) is 10.7. The van der Waals surface area contributed by atoms with Crippen LogP contribution in [0.4, 0.5) is 10.2 Å². The quantitative estimate of drug-likeness (QED) is 0.840. The van der Waals surface area contributed by atoms with E-state index < -0.39 is 11.8 Å². The zero-order chi connectivity index (χ0) is 13.7. The average Bonchev–Trinajstić information content (AvgIpc) is 2.28. The highest BCUT2D eigenvalue weighted by atomic mass is 19.1. The van der Waals surface area contributed by atoms with Crippen LogP contribution in [0.5, 0.6) is 0 Å². The van der Waals surface area contributed by atoms with Gasteiger partial charge in [0.05, 0.1) is 12.7 Å². The molecular weight excluding hydrogens is 239 g/mol. The Morgan fingerprint density at radius 3 is 2.83 bits per heavy atom. The number of rotatable bonds is 6. The summed E-state index contributed by atoms with van der Waals surface area (Å²) in [6, 6.07) is 1.14. The van der Waals surface area contributed by atoms with Gasteiger partial charge in [-0.05, 0) is 19.9 Å². The summed E-state index contributed by atoms with van der Waals surface area (Å²) in [4.78, 5) is 16.2. The van der Waals surface area contributed by atoms with Crippen LogP contribution in [0.2, 0.25) is 0 Å². The Hall–Kier alpha value is -1.69. The molecular formula is C12H17FN2O3. The second-order valence-electron chi connectivity index (χ2n) is 4.14. The van der Waals surface area contributed by atoms with Crippen LogP contribution in [0.3, 0.4) is 0 Å². The van der Waals surface area contributed by atoms with E-state index in [0.717, 1.165) is 6.07 Å². The van der Waals surface area contributed by atoms with Crippen LogP contribution < -0.4 is 4.90 Å². The van der Waals surface area contributed by atoms with Crippen LogP contribution in [0.1, 0.15) is 24.2 Å². The number of aromatic carboxylic acids is 1. The molecule has 100 valence electrons. The van der Waals surface area contributed by atoms with E-state index >= 15 is 0 Å². The summed E-state index contributed by atoms with van der Waals surface area (Å²) in [6.07, 6.45) is 1.38. The van der Waals surface area contributed by atoms with Crippen LogP contribution in [0.15, 0.2) is 12.3 Å². The maximum atomic E-state index is 13.8. The van der Waals surface area contributed by atoms with E-state index in [4.69, 9.17) is 9.84 Å². The van der Waals surface area contributed by atoms with E-state index in [1.54, 1.807) is 7.05 Å². The Kier molecular flexibility index (Phi) is 5.03. The fraction of sp³-hybridized carbons (Fsp3) is 0.500. The lowest BCUT2D eigenvalue weighted by atomic mass is 10.2. The number of hydrogen-bond acceptors (Lipinski definition) is 4. The van der Waals surface area contributed by atoms with Crippen LogP contribution in [-0.2, 0) is 4.74 Å². The van der Waals surface area contributed by atoms with E-state index in [2.05, 4.69) is 4.98 Å². The van der Waals surface area contributed by atoms with Crippen molar-refractivity contribution in [2.45, 2.75) is 20.0 Å². The molecule has 1 N–H and O–H groups in total. The number of halogens is 1. The number of carboxylic acids is 1. The smallest absolute Gasteiger partial charge is 0.338 e.